The first-order chi connectivity index (χ1) is 15.5. The minimum Gasteiger partial charge on any atom is -0.493 e. The smallest absolute Gasteiger partial charge is 0.251 e. The Hall–Kier alpha value is -1.87. The maximum atomic E-state index is 12.2. The molecule has 0 radical (unpaired) electrons. The number of amides is 1. The third-order valence-corrected chi connectivity index (χ3v) is 6.02. The molecule has 3 atom stereocenters. The lowest BCUT2D eigenvalue weighted by molar-refractivity contribution is -0.140. The van der Waals surface area contributed by atoms with Crippen molar-refractivity contribution in [3.63, 3.8) is 0 Å². The third-order valence-electron chi connectivity index (χ3n) is 6.02. The molecular weight excluding hydrogens is 424 g/mol. The molecule has 0 fully saturated rings. The molecule has 0 saturated carbocycles. The highest BCUT2D eigenvalue weighted by Gasteiger charge is 2.29. The molecule has 8 heteroatoms. The Bertz CT molecular complexity index is 710. The summed E-state index contributed by atoms with van der Waals surface area (Å²) in [5.74, 6) is 1.72. The van der Waals surface area contributed by atoms with Gasteiger partial charge in [0.15, 0.2) is 11.5 Å². The molecule has 1 rings (SSSR count). The van der Waals surface area contributed by atoms with Crippen molar-refractivity contribution in [3.05, 3.63) is 23.8 Å². The maximum Gasteiger partial charge on any atom is 0.251 e. The van der Waals surface area contributed by atoms with Gasteiger partial charge in [0.1, 0.15) is 5.60 Å². The Morgan fingerprint density at radius 2 is 1.85 bits per heavy atom. The molecule has 4 N–H and O–H groups in total. The molecule has 1 amide bonds. The molecule has 1 aromatic carbocycles. The van der Waals surface area contributed by atoms with Crippen LogP contribution in [-0.2, 0) is 20.7 Å². The van der Waals surface area contributed by atoms with E-state index in [2.05, 4.69) is 19.2 Å². The quantitative estimate of drug-likeness (QED) is 0.320. The zero-order valence-electron chi connectivity index (χ0n) is 21.3. The van der Waals surface area contributed by atoms with Gasteiger partial charge in [-0.05, 0) is 56.2 Å². The summed E-state index contributed by atoms with van der Waals surface area (Å²) >= 11 is 0. The predicted molar refractivity (Wildman–Crippen MR) is 130 cm³/mol. The van der Waals surface area contributed by atoms with E-state index in [4.69, 9.17) is 24.7 Å². The van der Waals surface area contributed by atoms with Crippen molar-refractivity contribution in [3.8, 4) is 11.5 Å². The molecule has 0 aliphatic heterocycles. The number of aliphatic hydroxyl groups is 1. The van der Waals surface area contributed by atoms with Gasteiger partial charge in [-0.1, -0.05) is 19.9 Å². The van der Waals surface area contributed by atoms with E-state index in [1.54, 1.807) is 28.1 Å². The number of nitrogens with two attached hydrogens (primary N) is 1. The number of hydrogen-bond donors (Lipinski definition) is 3. The van der Waals surface area contributed by atoms with Crippen LogP contribution in [0.4, 0.5) is 0 Å². The first-order valence-electron chi connectivity index (χ1n) is 11.6. The van der Waals surface area contributed by atoms with E-state index in [-0.39, 0.29) is 18.4 Å². The molecule has 0 aromatic heterocycles. The average molecular weight is 469 g/mol. The molecule has 1 aromatic rings. The maximum absolute atomic E-state index is 12.2. The van der Waals surface area contributed by atoms with Crippen LogP contribution in [0.15, 0.2) is 18.2 Å². The zero-order chi connectivity index (χ0) is 25.0. The fraction of sp³-hybridized carbons (Fsp3) is 0.720. The number of hydrogen-bond acceptors (Lipinski definition) is 7. The Morgan fingerprint density at radius 1 is 1.15 bits per heavy atom. The van der Waals surface area contributed by atoms with Crippen molar-refractivity contribution in [2.45, 2.75) is 64.7 Å². The van der Waals surface area contributed by atoms with Crippen LogP contribution in [-0.4, -0.2) is 69.8 Å². The number of nitrogens with one attached hydrogen (secondary N) is 1. The van der Waals surface area contributed by atoms with Crippen LogP contribution < -0.4 is 20.5 Å². The van der Waals surface area contributed by atoms with Gasteiger partial charge in [-0.15, -0.1) is 0 Å². The Morgan fingerprint density at radius 3 is 2.42 bits per heavy atom. The topological polar surface area (TPSA) is 112 Å². The normalized spacial score (nSPS) is 14.6. The van der Waals surface area contributed by atoms with E-state index in [1.165, 1.54) is 7.11 Å². The molecule has 0 saturated heterocycles. The highest BCUT2D eigenvalue weighted by Crippen LogP contribution is 2.31. The second-order valence-corrected chi connectivity index (χ2v) is 9.28. The molecule has 0 spiro atoms. The number of aliphatic hydroxyl groups excluding tert-OH is 1. The number of ether oxygens (including phenoxy) is 4. The van der Waals surface area contributed by atoms with E-state index >= 15 is 0 Å². The lowest BCUT2D eigenvalue weighted by Gasteiger charge is -2.28. The number of carbonyl (C=O) groups is 1. The highest BCUT2D eigenvalue weighted by molar-refractivity contribution is 5.84. The highest BCUT2D eigenvalue weighted by atomic mass is 16.5. The molecule has 0 aliphatic rings. The van der Waals surface area contributed by atoms with Crippen LogP contribution in [0.2, 0.25) is 0 Å². The predicted octanol–water partition coefficient (Wildman–Crippen LogP) is 2.54. The monoisotopic (exact) mass is 468 g/mol. The summed E-state index contributed by atoms with van der Waals surface area (Å²) in [4.78, 5) is 12.2. The third kappa shape index (κ3) is 9.88. The Kier molecular flexibility index (Phi) is 12.7. The van der Waals surface area contributed by atoms with Crippen LogP contribution in [0.5, 0.6) is 11.5 Å². The minimum atomic E-state index is -0.956. The molecule has 0 aliphatic carbocycles. The van der Waals surface area contributed by atoms with Crippen LogP contribution >= 0.6 is 0 Å². The van der Waals surface area contributed by atoms with Gasteiger partial charge < -0.3 is 35.1 Å². The zero-order valence-corrected chi connectivity index (χ0v) is 21.3. The van der Waals surface area contributed by atoms with Gasteiger partial charge in [-0.25, -0.2) is 0 Å². The van der Waals surface area contributed by atoms with Crippen molar-refractivity contribution in [1.29, 1.82) is 0 Å². The van der Waals surface area contributed by atoms with E-state index in [0.717, 1.165) is 18.4 Å². The fourth-order valence-corrected chi connectivity index (χ4v) is 3.40. The Balaban J connectivity index is 2.76. The average Bonchev–Trinajstić information content (AvgIpc) is 2.79. The van der Waals surface area contributed by atoms with Crippen molar-refractivity contribution in [2.75, 3.05) is 41.1 Å². The van der Waals surface area contributed by atoms with Gasteiger partial charge in [-0.2, -0.15) is 0 Å². The standard InChI is InChI=1S/C25H44N2O6/c1-17(2)19(15-20(26)21(28)16-27-24(29)25(3,4)32-7)13-18-9-10-22(31-6)23(14-18)33-12-8-11-30-5/h9-10,14,17,19-21,28H,8,11-13,15-16,26H2,1-7H3,(H,27,29). The van der Waals surface area contributed by atoms with Crippen molar-refractivity contribution >= 4 is 5.91 Å². The van der Waals surface area contributed by atoms with E-state index in [1.807, 2.05) is 18.2 Å². The van der Waals surface area contributed by atoms with Crippen molar-refractivity contribution in [1.82, 2.24) is 5.32 Å². The second kappa shape index (κ2) is 14.4. The van der Waals surface area contributed by atoms with Gasteiger partial charge in [0, 0.05) is 39.8 Å². The van der Waals surface area contributed by atoms with Gasteiger partial charge in [0.25, 0.3) is 5.91 Å². The molecular formula is C25H44N2O6. The van der Waals surface area contributed by atoms with Crippen LogP contribution in [0.3, 0.4) is 0 Å². The van der Waals surface area contributed by atoms with E-state index in [9.17, 15) is 9.90 Å². The van der Waals surface area contributed by atoms with Crippen LogP contribution in [0.1, 0.15) is 46.1 Å². The lowest BCUT2D eigenvalue weighted by Crippen LogP contribution is -2.50. The number of benzene rings is 1. The molecule has 0 heterocycles. The molecule has 33 heavy (non-hydrogen) atoms. The summed E-state index contributed by atoms with van der Waals surface area (Å²) in [6, 6.07) is 5.49. The number of methoxy groups -OCH3 is 3. The van der Waals surface area contributed by atoms with E-state index < -0.39 is 17.7 Å². The Labute approximate surface area is 199 Å². The van der Waals surface area contributed by atoms with Gasteiger partial charge in [0.2, 0.25) is 0 Å². The summed E-state index contributed by atoms with van der Waals surface area (Å²) in [5, 5.41) is 13.2. The summed E-state index contributed by atoms with van der Waals surface area (Å²) in [6.07, 6.45) is 1.36. The van der Waals surface area contributed by atoms with Crippen molar-refractivity contribution < 1.29 is 28.8 Å². The fourth-order valence-electron chi connectivity index (χ4n) is 3.40. The van der Waals surface area contributed by atoms with Crippen LogP contribution in [0.25, 0.3) is 0 Å². The largest absolute Gasteiger partial charge is 0.493 e. The summed E-state index contributed by atoms with van der Waals surface area (Å²) in [5.41, 5.74) is 6.48. The van der Waals surface area contributed by atoms with E-state index in [0.29, 0.717) is 37.1 Å². The van der Waals surface area contributed by atoms with Gasteiger partial charge in [-0.3, -0.25) is 4.79 Å². The van der Waals surface area contributed by atoms with Crippen molar-refractivity contribution in [2.24, 2.45) is 17.6 Å². The summed E-state index contributed by atoms with van der Waals surface area (Å²) < 4.78 is 21.6. The number of rotatable bonds is 16. The second-order valence-electron chi connectivity index (χ2n) is 9.28. The summed E-state index contributed by atoms with van der Waals surface area (Å²) in [6.45, 7) is 8.92. The molecule has 0 bridgehead atoms. The first-order valence-corrected chi connectivity index (χ1v) is 11.6. The van der Waals surface area contributed by atoms with Gasteiger partial charge in [0.05, 0.1) is 19.8 Å². The minimum absolute atomic E-state index is 0.0829. The molecule has 3 unspecified atom stereocenters. The first kappa shape index (κ1) is 29.2. The van der Waals surface area contributed by atoms with Crippen LogP contribution in [0, 0.1) is 11.8 Å². The SMILES string of the molecule is COCCCOc1cc(CC(CC(N)C(O)CNC(=O)C(C)(C)OC)C(C)C)ccc1OC. The summed E-state index contributed by atoms with van der Waals surface area (Å²) in [7, 11) is 4.77. The lowest BCUT2D eigenvalue weighted by atomic mass is 9.83. The molecule has 8 nitrogen and oxygen atoms in total. The number of carbonyl (C=O) groups excluding carboxylic acids is 1. The van der Waals surface area contributed by atoms with Gasteiger partial charge >= 0.3 is 0 Å². The molecule has 190 valence electrons.